The van der Waals surface area contributed by atoms with Gasteiger partial charge in [-0.25, -0.2) is 4.79 Å². The van der Waals surface area contributed by atoms with Crippen LogP contribution in [-0.4, -0.2) is 36.0 Å². The number of thioether (sulfide) groups is 1. The van der Waals surface area contributed by atoms with E-state index in [4.69, 9.17) is 16.3 Å². The van der Waals surface area contributed by atoms with Crippen LogP contribution >= 0.6 is 23.4 Å². The zero-order valence-electron chi connectivity index (χ0n) is 11.1. The zero-order chi connectivity index (χ0) is 14.5. The molecule has 1 aromatic carbocycles. The van der Waals surface area contributed by atoms with Gasteiger partial charge in [-0.3, -0.25) is 4.79 Å². The molecule has 0 aliphatic carbocycles. The number of carbonyl (C=O) groups is 2. The lowest BCUT2D eigenvalue weighted by molar-refractivity contribution is -0.137. The summed E-state index contributed by atoms with van der Waals surface area (Å²) in [7, 11) is 0. The minimum atomic E-state index is -0.871. The van der Waals surface area contributed by atoms with Crippen LogP contribution in [0.25, 0.3) is 0 Å². The van der Waals surface area contributed by atoms with Crippen LogP contribution in [0.4, 0.5) is 0 Å². The standard InChI is InChI=1S/C14H15ClO4S/c1-2-18-14(17)13(16)9-3-4-12(11(15)7-9)19-10-5-6-20-8-10/h3-4,7,10H,2,5-6,8H2,1H3. The van der Waals surface area contributed by atoms with E-state index in [1.54, 1.807) is 13.0 Å². The number of ketones is 1. The summed E-state index contributed by atoms with van der Waals surface area (Å²) in [5.74, 6) is 1.00. The van der Waals surface area contributed by atoms with E-state index in [-0.39, 0.29) is 18.3 Å². The van der Waals surface area contributed by atoms with Crippen molar-refractivity contribution < 1.29 is 19.1 Å². The quantitative estimate of drug-likeness (QED) is 0.475. The molecular formula is C14H15ClO4S. The first kappa shape index (κ1) is 15.2. The van der Waals surface area contributed by atoms with Gasteiger partial charge in [0.25, 0.3) is 5.78 Å². The van der Waals surface area contributed by atoms with Crippen molar-refractivity contribution in [2.75, 3.05) is 18.1 Å². The van der Waals surface area contributed by atoms with Gasteiger partial charge >= 0.3 is 5.97 Å². The molecule has 0 amide bonds. The van der Waals surface area contributed by atoms with E-state index in [1.807, 2.05) is 11.8 Å². The maximum absolute atomic E-state index is 11.8. The lowest BCUT2D eigenvalue weighted by atomic mass is 10.1. The third-order valence-electron chi connectivity index (χ3n) is 2.84. The lowest BCUT2D eigenvalue weighted by Gasteiger charge is -2.14. The molecule has 1 heterocycles. The smallest absolute Gasteiger partial charge is 0.379 e. The topological polar surface area (TPSA) is 52.6 Å². The van der Waals surface area contributed by atoms with Crippen molar-refractivity contribution in [2.45, 2.75) is 19.4 Å². The van der Waals surface area contributed by atoms with Crippen LogP contribution in [0.3, 0.4) is 0 Å². The second-order valence-corrected chi connectivity index (χ2v) is 5.86. The van der Waals surface area contributed by atoms with Gasteiger partial charge in [0.2, 0.25) is 0 Å². The van der Waals surface area contributed by atoms with Crippen LogP contribution in [-0.2, 0) is 9.53 Å². The molecular weight excluding hydrogens is 300 g/mol. The van der Waals surface area contributed by atoms with Crippen LogP contribution in [0.5, 0.6) is 5.75 Å². The Kier molecular flexibility index (Phi) is 5.31. The van der Waals surface area contributed by atoms with E-state index >= 15 is 0 Å². The number of hydrogen-bond acceptors (Lipinski definition) is 5. The Morgan fingerprint density at radius 1 is 1.45 bits per heavy atom. The highest BCUT2D eigenvalue weighted by Gasteiger charge is 2.21. The largest absolute Gasteiger partial charge is 0.488 e. The molecule has 2 rings (SSSR count). The first-order chi connectivity index (χ1) is 9.61. The van der Waals surface area contributed by atoms with E-state index in [9.17, 15) is 9.59 Å². The number of esters is 1. The highest BCUT2D eigenvalue weighted by atomic mass is 35.5. The van der Waals surface area contributed by atoms with Gasteiger partial charge in [-0.05, 0) is 37.3 Å². The highest BCUT2D eigenvalue weighted by Crippen LogP contribution is 2.30. The van der Waals surface area contributed by atoms with Crippen LogP contribution in [0, 0.1) is 0 Å². The van der Waals surface area contributed by atoms with E-state index in [2.05, 4.69) is 4.74 Å². The Balaban J connectivity index is 2.08. The first-order valence-corrected chi connectivity index (χ1v) is 7.90. The van der Waals surface area contributed by atoms with Gasteiger partial charge in [-0.15, -0.1) is 0 Å². The van der Waals surface area contributed by atoms with Crippen molar-refractivity contribution in [1.82, 2.24) is 0 Å². The number of halogens is 1. The molecule has 1 fully saturated rings. The Bertz CT molecular complexity index is 512. The Morgan fingerprint density at radius 3 is 2.85 bits per heavy atom. The minimum Gasteiger partial charge on any atom is -0.488 e. The number of rotatable bonds is 5. The second-order valence-electron chi connectivity index (χ2n) is 4.30. The van der Waals surface area contributed by atoms with Crippen molar-refractivity contribution >= 4 is 35.1 Å². The molecule has 0 N–H and O–H groups in total. The van der Waals surface area contributed by atoms with Gasteiger partial charge < -0.3 is 9.47 Å². The third-order valence-corrected chi connectivity index (χ3v) is 4.26. The number of hydrogen-bond donors (Lipinski definition) is 0. The summed E-state index contributed by atoms with van der Waals surface area (Å²) >= 11 is 7.94. The first-order valence-electron chi connectivity index (χ1n) is 6.37. The molecule has 0 radical (unpaired) electrons. The van der Waals surface area contributed by atoms with Gasteiger partial charge in [-0.2, -0.15) is 11.8 Å². The number of benzene rings is 1. The summed E-state index contributed by atoms with van der Waals surface area (Å²) in [6.45, 7) is 1.81. The summed E-state index contributed by atoms with van der Waals surface area (Å²) in [6, 6.07) is 4.60. The van der Waals surface area contributed by atoms with E-state index < -0.39 is 11.8 Å². The average molecular weight is 315 g/mol. The van der Waals surface area contributed by atoms with E-state index in [0.29, 0.717) is 10.8 Å². The predicted molar refractivity (Wildman–Crippen MR) is 78.8 cm³/mol. The maximum atomic E-state index is 11.8. The van der Waals surface area contributed by atoms with E-state index in [0.717, 1.165) is 17.9 Å². The summed E-state index contributed by atoms with van der Waals surface area (Å²) < 4.78 is 10.4. The summed E-state index contributed by atoms with van der Waals surface area (Å²) in [5, 5.41) is 0.331. The molecule has 108 valence electrons. The van der Waals surface area contributed by atoms with Gasteiger partial charge in [-0.1, -0.05) is 11.6 Å². The molecule has 6 heteroatoms. The third kappa shape index (κ3) is 3.67. The molecule has 1 unspecified atom stereocenters. The van der Waals surface area contributed by atoms with Crippen molar-refractivity contribution in [1.29, 1.82) is 0 Å². The molecule has 0 saturated carbocycles. The number of ether oxygens (including phenoxy) is 2. The SMILES string of the molecule is CCOC(=O)C(=O)c1ccc(OC2CCSC2)c(Cl)c1. The van der Waals surface area contributed by atoms with Crippen LogP contribution in [0.1, 0.15) is 23.7 Å². The van der Waals surface area contributed by atoms with Crippen LogP contribution in [0.2, 0.25) is 5.02 Å². The van der Waals surface area contributed by atoms with Gasteiger partial charge in [0.15, 0.2) is 0 Å². The molecule has 1 aliphatic rings. The van der Waals surface area contributed by atoms with Gasteiger partial charge in [0.05, 0.1) is 11.6 Å². The van der Waals surface area contributed by atoms with E-state index in [1.165, 1.54) is 12.1 Å². The number of carbonyl (C=O) groups excluding carboxylic acids is 2. The van der Waals surface area contributed by atoms with Gasteiger partial charge in [0, 0.05) is 11.3 Å². The molecule has 20 heavy (non-hydrogen) atoms. The maximum Gasteiger partial charge on any atom is 0.379 e. The molecule has 1 atom stereocenters. The molecule has 0 spiro atoms. The fraction of sp³-hybridized carbons (Fsp3) is 0.429. The summed E-state index contributed by atoms with van der Waals surface area (Å²) in [4.78, 5) is 23.1. The molecule has 4 nitrogen and oxygen atoms in total. The second kappa shape index (κ2) is 6.99. The molecule has 1 aliphatic heterocycles. The fourth-order valence-corrected chi connectivity index (χ4v) is 3.16. The average Bonchev–Trinajstić information content (AvgIpc) is 2.93. The predicted octanol–water partition coefficient (Wildman–Crippen LogP) is 2.97. The van der Waals surface area contributed by atoms with Crippen molar-refractivity contribution in [3.63, 3.8) is 0 Å². The van der Waals surface area contributed by atoms with Gasteiger partial charge in [0.1, 0.15) is 11.9 Å². The zero-order valence-corrected chi connectivity index (χ0v) is 12.6. The van der Waals surface area contributed by atoms with Crippen molar-refractivity contribution in [3.05, 3.63) is 28.8 Å². The Morgan fingerprint density at radius 2 is 2.25 bits per heavy atom. The molecule has 0 bridgehead atoms. The molecule has 1 saturated heterocycles. The molecule has 0 aromatic heterocycles. The minimum absolute atomic E-state index is 0.157. The van der Waals surface area contributed by atoms with Crippen molar-refractivity contribution in [2.24, 2.45) is 0 Å². The summed E-state index contributed by atoms with van der Waals surface area (Å²) in [6.07, 6.45) is 1.15. The lowest BCUT2D eigenvalue weighted by Crippen LogP contribution is -2.18. The monoisotopic (exact) mass is 314 g/mol. The Hall–Kier alpha value is -1.20. The van der Waals surface area contributed by atoms with Crippen LogP contribution in [0.15, 0.2) is 18.2 Å². The fourth-order valence-electron chi connectivity index (χ4n) is 1.84. The van der Waals surface area contributed by atoms with Crippen molar-refractivity contribution in [3.8, 4) is 5.75 Å². The summed E-state index contributed by atoms with van der Waals surface area (Å²) in [5.41, 5.74) is 0.210. The van der Waals surface area contributed by atoms with Crippen LogP contribution < -0.4 is 4.74 Å². The molecule has 1 aromatic rings. The number of Topliss-reactive ketones (excluding diaryl/α,β-unsaturated/α-hetero) is 1. The Labute approximate surface area is 126 Å². The highest BCUT2D eigenvalue weighted by molar-refractivity contribution is 7.99. The normalized spacial score (nSPS) is 17.8.